The van der Waals surface area contributed by atoms with Gasteiger partial charge in [0.2, 0.25) is 5.91 Å². The van der Waals surface area contributed by atoms with Crippen LogP contribution in [0.1, 0.15) is 22.5 Å². The van der Waals surface area contributed by atoms with Crippen molar-refractivity contribution >= 4 is 46.1 Å². The van der Waals surface area contributed by atoms with Crippen LogP contribution in [0.3, 0.4) is 0 Å². The van der Waals surface area contributed by atoms with Gasteiger partial charge in [-0.15, -0.1) is 11.3 Å². The van der Waals surface area contributed by atoms with Crippen molar-refractivity contribution in [1.82, 2.24) is 4.90 Å². The van der Waals surface area contributed by atoms with Gasteiger partial charge in [0.15, 0.2) is 0 Å². The molecule has 5 nitrogen and oxygen atoms in total. The molecule has 3 rings (SSSR count). The number of carbonyl (C=O) groups is 2. The average Bonchev–Trinajstić information content (AvgIpc) is 3.15. The quantitative estimate of drug-likeness (QED) is 0.858. The minimum atomic E-state index is -0.101. The van der Waals surface area contributed by atoms with Gasteiger partial charge in [-0.2, -0.15) is 0 Å². The molecule has 1 aliphatic heterocycles. The van der Waals surface area contributed by atoms with Crippen molar-refractivity contribution < 1.29 is 9.59 Å². The van der Waals surface area contributed by atoms with E-state index in [4.69, 9.17) is 11.6 Å². The Balaban J connectivity index is 1.61. The fourth-order valence-electron chi connectivity index (χ4n) is 3.13. The van der Waals surface area contributed by atoms with Crippen LogP contribution in [-0.2, 0) is 4.79 Å². The molecule has 7 heteroatoms. The molecule has 0 atom stereocenters. The Labute approximate surface area is 162 Å². The van der Waals surface area contributed by atoms with Gasteiger partial charge in [-0.25, -0.2) is 0 Å². The molecule has 0 saturated carbocycles. The number of rotatable bonds is 4. The molecule has 1 fully saturated rings. The third-order valence-corrected chi connectivity index (χ3v) is 5.68. The van der Waals surface area contributed by atoms with Crippen molar-refractivity contribution in [2.75, 3.05) is 37.4 Å². The van der Waals surface area contributed by atoms with E-state index in [0.29, 0.717) is 36.6 Å². The summed E-state index contributed by atoms with van der Waals surface area (Å²) in [4.78, 5) is 29.6. The summed E-state index contributed by atoms with van der Waals surface area (Å²) in [7, 11) is 3.85. The van der Waals surface area contributed by atoms with Gasteiger partial charge in [0.1, 0.15) is 0 Å². The summed E-state index contributed by atoms with van der Waals surface area (Å²) in [5.41, 5.74) is 1.62. The Hall–Kier alpha value is -2.05. The Morgan fingerprint density at radius 2 is 1.96 bits per heavy atom. The fraction of sp³-hybridized carbons (Fsp3) is 0.368. The second-order valence-electron chi connectivity index (χ2n) is 6.59. The molecule has 138 valence electrons. The highest BCUT2D eigenvalue weighted by molar-refractivity contribution is 7.12. The molecule has 0 spiro atoms. The lowest BCUT2D eigenvalue weighted by molar-refractivity contribution is -0.121. The van der Waals surface area contributed by atoms with E-state index in [2.05, 4.69) is 5.32 Å². The predicted molar refractivity (Wildman–Crippen MR) is 107 cm³/mol. The highest BCUT2D eigenvalue weighted by Gasteiger charge is 2.28. The second kappa shape index (κ2) is 8.10. The average molecular weight is 392 g/mol. The lowest BCUT2D eigenvalue weighted by Crippen LogP contribution is -2.41. The molecule has 1 N–H and O–H groups in total. The summed E-state index contributed by atoms with van der Waals surface area (Å²) in [5, 5.41) is 5.50. The van der Waals surface area contributed by atoms with Crippen LogP contribution in [0.2, 0.25) is 5.02 Å². The van der Waals surface area contributed by atoms with Crippen LogP contribution in [-0.4, -0.2) is 43.9 Å². The summed E-state index contributed by atoms with van der Waals surface area (Å²) in [5.74, 6) is -0.0569. The number of piperidine rings is 1. The smallest absolute Gasteiger partial charge is 0.263 e. The van der Waals surface area contributed by atoms with E-state index in [9.17, 15) is 9.59 Å². The van der Waals surface area contributed by atoms with Gasteiger partial charge in [0, 0.05) is 38.1 Å². The summed E-state index contributed by atoms with van der Waals surface area (Å²) >= 11 is 7.53. The largest absolute Gasteiger partial charge is 0.376 e. The number of halogens is 1. The number of hydrogen-bond acceptors (Lipinski definition) is 4. The molecule has 1 aromatic heterocycles. The number of nitrogens with one attached hydrogen (secondary N) is 1. The number of benzene rings is 1. The van der Waals surface area contributed by atoms with Crippen LogP contribution in [0.25, 0.3) is 0 Å². The number of thiophene rings is 1. The molecular formula is C19H22ClN3O2S. The van der Waals surface area contributed by atoms with Gasteiger partial charge in [0.05, 0.1) is 16.3 Å². The zero-order chi connectivity index (χ0) is 18.7. The first kappa shape index (κ1) is 18.7. The molecule has 0 radical (unpaired) electrons. The lowest BCUT2D eigenvalue weighted by Gasteiger charge is -2.31. The maximum atomic E-state index is 12.7. The van der Waals surface area contributed by atoms with E-state index in [-0.39, 0.29) is 17.7 Å². The van der Waals surface area contributed by atoms with Crippen molar-refractivity contribution in [3.8, 4) is 0 Å². The monoisotopic (exact) mass is 391 g/mol. The maximum absolute atomic E-state index is 12.7. The van der Waals surface area contributed by atoms with Crippen molar-refractivity contribution in [3.63, 3.8) is 0 Å². The Kier molecular flexibility index (Phi) is 5.84. The van der Waals surface area contributed by atoms with Crippen LogP contribution in [0, 0.1) is 5.92 Å². The van der Waals surface area contributed by atoms with Crippen molar-refractivity contribution in [1.29, 1.82) is 0 Å². The number of nitrogens with zero attached hydrogens (tertiary/aromatic N) is 2. The van der Waals surface area contributed by atoms with E-state index in [1.807, 2.05) is 47.5 Å². The SMILES string of the molecule is CN(C)c1ccc(Cl)cc1NC(=O)C1CCN(C(=O)c2cccs2)CC1. The molecule has 1 aromatic carbocycles. The van der Waals surface area contributed by atoms with Crippen molar-refractivity contribution in [2.45, 2.75) is 12.8 Å². The van der Waals surface area contributed by atoms with Gasteiger partial charge in [-0.3, -0.25) is 9.59 Å². The zero-order valence-corrected chi connectivity index (χ0v) is 16.4. The predicted octanol–water partition coefficient (Wildman–Crippen LogP) is 3.96. The Morgan fingerprint density at radius 3 is 2.58 bits per heavy atom. The van der Waals surface area contributed by atoms with E-state index in [1.165, 1.54) is 11.3 Å². The standard InChI is InChI=1S/C19H22ClN3O2S/c1-22(2)16-6-5-14(20)12-15(16)21-18(24)13-7-9-23(10-8-13)19(25)17-4-3-11-26-17/h3-6,11-13H,7-10H2,1-2H3,(H,21,24). The van der Waals surface area contributed by atoms with Crippen LogP contribution in [0.5, 0.6) is 0 Å². The lowest BCUT2D eigenvalue weighted by atomic mass is 9.95. The van der Waals surface area contributed by atoms with Crippen LogP contribution in [0.15, 0.2) is 35.7 Å². The molecule has 1 saturated heterocycles. The molecule has 2 heterocycles. The number of carbonyl (C=O) groups excluding carboxylic acids is 2. The first-order valence-corrected chi connectivity index (χ1v) is 9.82. The highest BCUT2D eigenvalue weighted by atomic mass is 35.5. The van der Waals surface area contributed by atoms with Gasteiger partial charge < -0.3 is 15.1 Å². The maximum Gasteiger partial charge on any atom is 0.263 e. The number of hydrogen-bond donors (Lipinski definition) is 1. The van der Waals surface area contributed by atoms with Crippen molar-refractivity contribution in [3.05, 3.63) is 45.6 Å². The van der Waals surface area contributed by atoms with Crippen LogP contribution >= 0.6 is 22.9 Å². The van der Waals surface area contributed by atoms with E-state index in [0.717, 1.165) is 10.6 Å². The third-order valence-electron chi connectivity index (χ3n) is 4.58. The van der Waals surface area contributed by atoms with Crippen LogP contribution in [0.4, 0.5) is 11.4 Å². The highest BCUT2D eigenvalue weighted by Crippen LogP contribution is 2.29. The molecule has 0 unspecified atom stereocenters. The zero-order valence-electron chi connectivity index (χ0n) is 14.9. The second-order valence-corrected chi connectivity index (χ2v) is 7.97. The number of anilines is 2. The Bertz CT molecular complexity index is 784. The van der Waals surface area contributed by atoms with Gasteiger partial charge in [0.25, 0.3) is 5.91 Å². The molecule has 26 heavy (non-hydrogen) atoms. The topological polar surface area (TPSA) is 52.7 Å². The summed E-state index contributed by atoms with van der Waals surface area (Å²) in [6.07, 6.45) is 1.33. The minimum Gasteiger partial charge on any atom is -0.376 e. The third kappa shape index (κ3) is 4.19. The summed E-state index contributed by atoms with van der Waals surface area (Å²) in [6.45, 7) is 1.20. The van der Waals surface area contributed by atoms with Gasteiger partial charge in [-0.05, 0) is 42.5 Å². The van der Waals surface area contributed by atoms with Crippen molar-refractivity contribution in [2.24, 2.45) is 5.92 Å². The molecule has 2 aromatic rings. The molecule has 0 bridgehead atoms. The number of amides is 2. The first-order valence-electron chi connectivity index (χ1n) is 8.56. The summed E-state index contributed by atoms with van der Waals surface area (Å²) < 4.78 is 0. The number of likely N-dealkylation sites (tertiary alicyclic amines) is 1. The minimum absolute atomic E-state index is 0.0152. The van der Waals surface area contributed by atoms with Gasteiger partial charge in [-0.1, -0.05) is 17.7 Å². The Morgan fingerprint density at radius 1 is 1.23 bits per heavy atom. The fourth-order valence-corrected chi connectivity index (χ4v) is 4.00. The van der Waals surface area contributed by atoms with E-state index < -0.39 is 0 Å². The van der Waals surface area contributed by atoms with Gasteiger partial charge >= 0.3 is 0 Å². The molecular weight excluding hydrogens is 370 g/mol. The molecule has 2 amide bonds. The van der Waals surface area contributed by atoms with Crippen LogP contribution < -0.4 is 10.2 Å². The van der Waals surface area contributed by atoms with E-state index >= 15 is 0 Å². The molecule has 0 aliphatic carbocycles. The summed E-state index contributed by atoms with van der Waals surface area (Å²) in [6, 6.07) is 9.19. The first-order chi connectivity index (χ1) is 12.5. The van der Waals surface area contributed by atoms with E-state index in [1.54, 1.807) is 12.1 Å². The molecule has 1 aliphatic rings. The normalized spacial score (nSPS) is 15.0.